The molecule has 0 radical (unpaired) electrons. The van der Waals surface area contributed by atoms with Gasteiger partial charge in [-0.3, -0.25) is 0 Å². The summed E-state index contributed by atoms with van der Waals surface area (Å²) < 4.78 is 5.03. The first-order valence-corrected chi connectivity index (χ1v) is 5.00. The van der Waals surface area contributed by atoms with Gasteiger partial charge in [0, 0.05) is 17.5 Å². The molecular weight excluding hydrogens is 206 g/mol. The molecule has 0 saturated heterocycles. The number of benzene rings is 1. The van der Waals surface area contributed by atoms with E-state index in [0.717, 1.165) is 11.4 Å². The highest BCUT2D eigenvalue weighted by atomic mass is 16.5. The molecule has 0 bridgehead atoms. The van der Waals surface area contributed by atoms with Crippen LogP contribution in [0.2, 0.25) is 0 Å². The van der Waals surface area contributed by atoms with E-state index in [-0.39, 0.29) is 0 Å². The quantitative estimate of drug-likeness (QED) is 0.750. The van der Waals surface area contributed by atoms with Crippen LogP contribution in [0.1, 0.15) is 13.3 Å². The highest BCUT2D eigenvalue weighted by Gasteiger charge is 1.99. The highest BCUT2D eigenvalue weighted by molar-refractivity contribution is 5.81. The third kappa shape index (κ3) is 3.65. The highest BCUT2D eigenvalue weighted by Crippen LogP contribution is 2.17. The van der Waals surface area contributed by atoms with Crippen LogP contribution in [0, 0.1) is 0 Å². The Morgan fingerprint density at radius 1 is 1.44 bits per heavy atom. The largest absolute Gasteiger partial charge is 0.497 e. The van der Waals surface area contributed by atoms with Gasteiger partial charge in [0.05, 0.1) is 7.11 Å². The second kappa shape index (κ2) is 5.80. The van der Waals surface area contributed by atoms with Gasteiger partial charge in [0.15, 0.2) is 0 Å². The lowest BCUT2D eigenvalue weighted by Crippen LogP contribution is -2.02. The molecule has 0 saturated carbocycles. The van der Waals surface area contributed by atoms with Crippen molar-refractivity contribution in [3.63, 3.8) is 0 Å². The van der Waals surface area contributed by atoms with Crippen molar-refractivity contribution in [1.82, 2.24) is 0 Å². The summed E-state index contributed by atoms with van der Waals surface area (Å²) in [6.07, 6.45) is 1.81. The molecule has 0 fully saturated rings. The number of hydrogen-bond donors (Lipinski definition) is 2. The molecule has 0 aliphatic rings. The Kier molecular flexibility index (Phi) is 4.39. The van der Waals surface area contributed by atoms with Crippen molar-refractivity contribution in [1.29, 1.82) is 0 Å². The molecule has 0 aliphatic heterocycles. The number of rotatable bonds is 5. The van der Waals surface area contributed by atoms with Crippen molar-refractivity contribution >= 4 is 11.7 Å². The monoisotopic (exact) mass is 221 g/mol. The zero-order chi connectivity index (χ0) is 12.0. The van der Waals surface area contributed by atoms with E-state index in [0.29, 0.717) is 12.1 Å². The van der Waals surface area contributed by atoms with Gasteiger partial charge >= 0.3 is 5.97 Å². The molecule has 86 valence electrons. The van der Waals surface area contributed by atoms with Crippen LogP contribution in [0.5, 0.6) is 5.75 Å². The number of carbonyl (C=O) groups is 1. The number of carboxylic acid groups (broad SMARTS) is 1. The van der Waals surface area contributed by atoms with E-state index in [1.54, 1.807) is 7.11 Å². The second-order valence-electron chi connectivity index (χ2n) is 3.21. The van der Waals surface area contributed by atoms with Gasteiger partial charge in [-0.25, -0.2) is 4.79 Å². The summed E-state index contributed by atoms with van der Waals surface area (Å²) in [6.45, 7) is 1.89. The smallest absolute Gasteiger partial charge is 0.330 e. The van der Waals surface area contributed by atoms with E-state index in [1.165, 1.54) is 6.08 Å². The first kappa shape index (κ1) is 12.1. The number of methoxy groups -OCH3 is 1. The van der Waals surface area contributed by atoms with Gasteiger partial charge in [0.1, 0.15) is 5.75 Å². The Balaban J connectivity index is 2.74. The van der Waals surface area contributed by atoms with Gasteiger partial charge in [-0.05, 0) is 30.7 Å². The van der Waals surface area contributed by atoms with Crippen molar-refractivity contribution in [2.75, 3.05) is 12.4 Å². The average Bonchev–Trinajstić information content (AvgIpc) is 2.28. The maximum atomic E-state index is 10.5. The van der Waals surface area contributed by atoms with E-state index in [4.69, 9.17) is 9.84 Å². The van der Waals surface area contributed by atoms with Gasteiger partial charge < -0.3 is 15.2 Å². The Labute approximate surface area is 94.6 Å². The fourth-order valence-electron chi connectivity index (χ4n) is 1.24. The van der Waals surface area contributed by atoms with Gasteiger partial charge in [-0.2, -0.15) is 0 Å². The first-order valence-electron chi connectivity index (χ1n) is 5.00. The predicted octanol–water partition coefficient (Wildman–Crippen LogP) is 2.49. The van der Waals surface area contributed by atoms with Crippen LogP contribution >= 0.6 is 0 Å². The summed E-state index contributed by atoms with van der Waals surface area (Å²) in [4.78, 5) is 10.5. The molecule has 0 aliphatic carbocycles. The van der Waals surface area contributed by atoms with Crippen LogP contribution in [0.15, 0.2) is 36.0 Å². The lowest BCUT2D eigenvalue weighted by atomic mass is 10.2. The maximum absolute atomic E-state index is 10.5. The summed E-state index contributed by atoms with van der Waals surface area (Å²) in [6, 6.07) is 7.31. The lowest BCUT2D eigenvalue weighted by Gasteiger charge is -2.08. The second-order valence-corrected chi connectivity index (χ2v) is 3.21. The zero-order valence-corrected chi connectivity index (χ0v) is 9.36. The minimum absolute atomic E-state index is 0.637. The fourth-order valence-corrected chi connectivity index (χ4v) is 1.24. The molecule has 0 aromatic heterocycles. The third-order valence-corrected chi connectivity index (χ3v) is 2.07. The molecule has 0 atom stereocenters. The van der Waals surface area contributed by atoms with Gasteiger partial charge in [0.2, 0.25) is 0 Å². The van der Waals surface area contributed by atoms with E-state index in [2.05, 4.69) is 5.32 Å². The van der Waals surface area contributed by atoms with E-state index in [9.17, 15) is 4.79 Å². The number of nitrogens with one attached hydrogen (secondary N) is 1. The summed E-state index contributed by atoms with van der Waals surface area (Å²) in [5.74, 6) is -0.177. The number of allylic oxidation sites excluding steroid dienone is 1. The number of hydrogen-bond acceptors (Lipinski definition) is 3. The molecule has 4 nitrogen and oxygen atoms in total. The molecule has 0 heterocycles. The minimum Gasteiger partial charge on any atom is -0.497 e. The molecule has 0 spiro atoms. The van der Waals surface area contributed by atoms with Gasteiger partial charge in [-0.15, -0.1) is 0 Å². The van der Waals surface area contributed by atoms with Crippen molar-refractivity contribution in [3.8, 4) is 5.75 Å². The summed E-state index contributed by atoms with van der Waals surface area (Å²) in [5, 5.41) is 11.7. The van der Waals surface area contributed by atoms with Crippen molar-refractivity contribution < 1.29 is 14.6 Å². The summed E-state index contributed by atoms with van der Waals surface area (Å²) >= 11 is 0. The SMILES string of the molecule is CCC(=CC(=O)O)Nc1ccc(OC)cc1. The molecular formula is C12H15NO3. The van der Waals surface area contributed by atoms with E-state index < -0.39 is 5.97 Å². The van der Waals surface area contributed by atoms with Crippen LogP contribution in [0.25, 0.3) is 0 Å². The summed E-state index contributed by atoms with van der Waals surface area (Å²) in [5.41, 5.74) is 1.51. The number of carboxylic acids is 1. The Morgan fingerprint density at radius 3 is 2.50 bits per heavy atom. The van der Waals surface area contributed by atoms with Crippen LogP contribution < -0.4 is 10.1 Å². The lowest BCUT2D eigenvalue weighted by molar-refractivity contribution is -0.131. The Hall–Kier alpha value is -1.97. The molecule has 2 N–H and O–H groups in total. The van der Waals surface area contributed by atoms with Gasteiger partial charge in [0.25, 0.3) is 0 Å². The number of ether oxygens (including phenoxy) is 1. The minimum atomic E-state index is -0.946. The van der Waals surface area contributed by atoms with Crippen molar-refractivity contribution in [3.05, 3.63) is 36.0 Å². The van der Waals surface area contributed by atoms with Crippen LogP contribution in [0.4, 0.5) is 5.69 Å². The standard InChI is InChI=1S/C12H15NO3/c1-3-9(8-12(14)15)13-10-4-6-11(16-2)7-5-10/h4-8,13H,3H2,1-2H3,(H,14,15). The Morgan fingerprint density at radius 2 is 2.06 bits per heavy atom. The molecule has 1 aromatic carbocycles. The van der Waals surface area contributed by atoms with Crippen LogP contribution in [-0.2, 0) is 4.79 Å². The topological polar surface area (TPSA) is 58.6 Å². The molecule has 1 aromatic rings. The van der Waals surface area contributed by atoms with Crippen LogP contribution in [-0.4, -0.2) is 18.2 Å². The van der Waals surface area contributed by atoms with Crippen molar-refractivity contribution in [2.24, 2.45) is 0 Å². The molecule has 0 unspecified atom stereocenters. The first-order chi connectivity index (χ1) is 7.65. The zero-order valence-electron chi connectivity index (χ0n) is 9.36. The van der Waals surface area contributed by atoms with E-state index in [1.807, 2.05) is 31.2 Å². The van der Waals surface area contributed by atoms with E-state index >= 15 is 0 Å². The van der Waals surface area contributed by atoms with Crippen molar-refractivity contribution in [2.45, 2.75) is 13.3 Å². The predicted molar refractivity (Wildman–Crippen MR) is 62.6 cm³/mol. The molecule has 16 heavy (non-hydrogen) atoms. The average molecular weight is 221 g/mol. The molecule has 1 rings (SSSR count). The molecule has 4 heteroatoms. The fraction of sp³-hybridized carbons (Fsp3) is 0.250. The van der Waals surface area contributed by atoms with Gasteiger partial charge in [-0.1, -0.05) is 6.92 Å². The number of anilines is 1. The van der Waals surface area contributed by atoms with Crippen LogP contribution in [0.3, 0.4) is 0 Å². The Bertz CT molecular complexity index is 382. The normalized spacial score (nSPS) is 11.0. The maximum Gasteiger partial charge on any atom is 0.330 e. The molecule has 0 amide bonds. The third-order valence-electron chi connectivity index (χ3n) is 2.07. The summed E-state index contributed by atoms with van der Waals surface area (Å²) in [7, 11) is 1.60. The number of aliphatic carboxylic acids is 1.